The van der Waals surface area contributed by atoms with E-state index < -0.39 is 28.7 Å². The third-order valence-corrected chi connectivity index (χ3v) is 11.6. The molecule has 0 spiro atoms. The van der Waals surface area contributed by atoms with Crippen LogP contribution in [0.5, 0.6) is 0 Å². The van der Waals surface area contributed by atoms with E-state index in [4.69, 9.17) is 11.6 Å². The van der Waals surface area contributed by atoms with Gasteiger partial charge in [0.2, 0.25) is 5.91 Å². The van der Waals surface area contributed by atoms with Gasteiger partial charge in [0.25, 0.3) is 0 Å². The first-order valence-corrected chi connectivity index (χ1v) is 17.0. The maximum Gasteiger partial charge on any atom is 0.350 e. The van der Waals surface area contributed by atoms with Crippen molar-refractivity contribution in [3.8, 4) is 11.1 Å². The van der Waals surface area contributed by atoms with E-state index >= 15 is 8.78 Å². The zero-order valence-corrected chi connectivity index (χ0v) is 26.6. The highest BCUT2D eigenvalue weighted by Gasteiger charge is 2.38. The third-order valence-electron chi connectivity index (χ3n) is 10.0. The van der Waals surface area contributed by atoms with Gasteiger partial charge in [0.15, 0.2) is 0 Å². The number of aromatic nitrogens is 2. The first kappa shape index (κ1) is 30.6. The van der Waals surface area contributed by atoms with Crippen molar-refractivity contribution < 1.29 is 18.0 Å². The van der Waals surface area contributed by atoms with Gasteiger partial charge in [-0.05, 0) is 63.6 Å². The number of carbonyl (C=O) groups excluding carboxylic acids is 1. The fourth-order valence-electron chi connectivity index (χ4n) is 7.94. The number of nitrogens with zero attached hydrogens (tertiary/aromatic N) is 5. The minimum absolute atomic E-state index is 0.0818. The molecule has 7 nitrogen and oxygen atoms in total. The normalized spacial score (nSPS) is 24.6. The number of thioether (sulfide) groups is 1. The van der Waals surface area contributed by atoms with Crippen molar-refractivity contribution in [2.45, 2.75) is 62.0 Å². The number of hydrogen-bond donors (Lipinski definition) is 0. The van der Waals surface area contributed by atoms with E-state index in [1.54, 1.807) is 15.5 Å². The van der Waals surface area contributed by atoms with Crippen molar-refractivity contribution in [1.82, 2.24) is 19.4 Å². The number of anilines is 1. The van der Waals surface area contributed by atoms with Crippen molar-refractivity contribution in [2.75, 3.05) is 43.4 Å². The molecule has 3 fully saturated rings. The van der Waals surface area contributed by atoms with Gasteiger partial charge in [0.1, 0.15) is 23.3 Å². The van der Waals surface area contributed by atoms with E-state index in [2.05, 4.69) is 16.5 Å². The molecule has 3 aliphatic heterocycles. The van der Waals surface area contributed by atoms with Crippen LogP contribution in [0.3, 0.4) is 0 Å². The zero-order chi connectivity index (χ0) is 31.6. The number of piperazine rings is 1. The Hall–Kier alpha value is -3.02. The number of halogens is 4. The summed E-state index contributed by atoms with van der Waals surface area (Å²) in [6.07, 6.45) is 6.82. The van der Waals surface area contributed by atoms with Gasteiger partial charge in [-0.2, -0.15) is 4.98 Å². The molecule has 12 heteroatoms. The van der Waals surface area contributed by atoms with Crippen molar-refractivity contribution in [2.24, 2.45) is 5.92 Å². The Balaban J connectivity index is 1.32. The SMILES string of the molecule is C=CC(=O)N1CCN(c2nc(=O)n3c4c(c(-c5c(F)cc(F)cc5F)c(Cl)cc24)SC[C@H]3CCCN2C[C@H]3CC[C@@H]2C3)[C@@H](C)C1. The summed E-state index contributed by atoms with van der Waals surface area (Å²) >= 11 is 8.25. The summed E-state index contributed by atoms with van der Waals surface area (Å²) in [7, 11) is 0. The van der Waals surface area contributed by atoms with Crippen molar-refractivity contribution in [1.29, 1.82) is 0 Å². The fraction of sp³-hybridized carbons (Fsp3) is 0.485. The zero-order valence-electron chi connectivity index (χ0n) is 25.1. The summed E-state index contributed by atoms with van der Waals surface area (Å²) in [5.74, 6) is -1.58. The lowest BCUT2D eigenvalue weighted by molar-refractivity contribution is -0.126. The Bertz CT molecular complexity index is 1750. The van der Waals surface area contributed by atoms with Gasteiger partial charge >= 0.3 is 5.69 Å². The smallest absolute Gasteiger partial charge is 0.350 e. The van der Waals surface area contributed by atoms with E-state index in [-0.39, 0.29) is 28.6 Å². The lowest BCUT2D eigenvalue weighted by atomic mass is 10.00. The number of likely N-dealkylation sites (tertiary alicyclic amines) is 1. The van der Waals surface area contributed by atoms with Crippen LogP contribution in [0.1, 0.15) is 45.1 Å². The molecule has 1 amide bonds. The lowest BCUT2D eigenvalue weighted by Gasteiger charge is -2.41. The standard InChI is InChI=1S/C33H35ClF3N5O2S/c1-3-27(43)40-9-10-41(18(2)15-40)32-23-14-24(34)28(29-25(36)12-20(35)13-26(29)37)31-30(23)42(33(44)38-32)22(17-45-31)5-4-8-39-16-19-6-7-21(39)11-19/h3,12-14,18-19,21-22H,1,4-11,15-17H2,2H3/t18-,19-,21+,22+/m0/s1. The number of rotatable bonds is 7. The summed E-state index contributed by atoms with van der Waals surface area (Å²) in [6, 6.07) is 3.22. The van der Waals surface area contributed by atoms with Crippen LogP contribution >= 0.6 is 23.4 Å². The first-order chi connectivity index (χ1) is 21.6. The predicted molar refractivity (Wildman–Crippen MR) is 172 cm³/mol. The summed E-state index contributed by atoms with van der Waals surface area (Å²) in [5.41, 5.74) is -0.216. The molecule has 4 heterocycles. The Kier molecular flexibility index (Phi) is 8.14. The summed E-state index contributed by atoms with van der Waals surface area (Å²) in [4.78, 5) is 37.6. The van der Waals surface area contributed by atoms with E-state index in [1.165, 1.54) is 37.1 Å². The largest absolute Gasteiger partial charge is 0.350 e. The quantitative estimate of drug-likeness (QED) is 0.279. The molecule has 1 saturated carbocycles. The van der Waals surface area contributed by atoms with Crippen LogP contribution < -0.4 is 10.6 Å². The molecule has 1 aromatic heterocycles. The molecule has 2 bridgehead atoms. The number of fused-ring (bicyclic) bond motifs is 2. The molecule has 2 aromatic carbocycles. The molecule has 2 saturated heterocycles. The summed E-state index contributed by atoms with van der Waals surface area (Å²) < 4.78 is 46.0. The van der Waals surface area contributed by atoms with Crippen molar-refractivity contribution in [3.63, 3.8) is 0 Å². The Morgan fingerprint density at radius 3 is 2.58 bits per heavy atom. The van der Waals surface area contributed by atoms with E-state index in [0.717, 1.165) is 31.8 Å². The second-order valence-corrected chi connectivity index (χ2v) is 14.2. The van der Waals surface area contributed by atoms with E-state index in [9.17, 15) is 14.0 Å². The van der Waals surface area contributed by atoms with Gasteiger partial charge in [0.05, 0.1) is 16.1 Å². The number of carbonyl (C=O) groups is 1. The molecule has 7 rings (SSSR count). The van der Waals surface area contributed by atoms with Crippen molar-refractivity contribution in [3.05, 3.63) is 63.8 Å². The van der Waals surface area contributed by atoms with Crippen LogP contribution in [0.25, 0.3) is 22.0 Å². The number of amides is 1. The molecule has 4 aliphatic rings. The van der Waals surface area contributed by atoms with Gasteiger partial charge in [-0.1, -0.05) is 18.2 Å². The van der Waals surface area contributed by atoms with Gasteiger partial charge in [-0.15, -0.1) is 11.8 Å². The number of benzene rings is 2. The highest BCUT2D eigenvalue weighted by molar-refractivity contribution is 7.99. The Morgan fingerprint density at radius 2 is 1.91 bits per heavy atom. The molecular weight excluding hydrogens is 623 g/mol. The highest BCUT2D eigenvalue weighted by atomic mass is 35.5. The molecule has 0 unspecified atom stereocenters. The number of hydrogen-bond acceptors (Lipinski definition) is 6. The molecule has 45 heavy (non-hydrogen) atoms. The maximum absolute atomic E-state index is 15.2. The second-order valence-electron chi connectivity index (χ2n) is 12.8. The average Bonchev–Trinajstić information content (AvgIpc) is 3.63. The van der Waals surface area contributed by atoms with E-state index in [0.29, 0.717) is 65.2 Å². The minimum Gasteiger partial charge on any atom is -0.350 e. The van der Waals surface area contributed by atoms with Gasteiger partial charge in [0, 0.05) is 78.0 Å². The Labute approximate surface area is 269 Å². The lowest BCUT2D eigenvalue weighted by Crippen LogP contribution is -2.54. The Morgan fingerprint density at radius 1 is 1.13 bits per heavy atom. The first-order valence-electron chi connectivity index (χ1n) is 15.6. The predicted octanol–water partition coefficient (Wildman–Crippen LogP) is 6.27. The third kappa shape index (κ3) is 5.34. The maximum atomic E-state index is 15.2. The molecule has 4 atom stereocenters. The monoisotopic (exact) mass is 657 g/mol. The van der Waals surface area contributed by atoms with Gasteiger partial charge in [-0.3, -0.25) is 9.36 Å². The van der Waals surface area contributed by atoms with Gasteiger partial charge < -0.3 is 14.7 Å². The summed E-state index contributed by atoms with van der Waals surface area (Å²) in [5, 5.41) is 0.684. The molecule has 0 N–H and O–H groups in total. The molecule has 0 radical (unpaired) electrons. The van der Waals surface area contributed by atoms with E-state index in [1.807, 2.05) is 11.8 Å². The molecule has 238 valence electrons. The van der Waals surface area contributed by atoms with Crippen LogP contribution in [0.4, 0.5) is 19.0 Å². The van der Waals surface area contributed by atoms with Crippen molar-refractivity contribution >= 4 is 46.0 Å². The topological polar surface area (TPSA) is 61.7 Å². The van der Waals surface area contributed by atoms with Crippen LogP contribution in [0.2, 0.25) is 5.02 Å². The van der Waals surface area contributed by atoms with Crippen LogP contribution in [-0.2, 0) is 4.79 Å². The fourth-order valence-corrected chi connectivity index (χ4v) is 9.67. The summed E-state index contributed by atoms with van der Waals surface area (Å²) in [6.45, 7) is 8.93. The molecule has 3 aromatic rings. The second kappa shape index (κ2) is 12.0. The molecule has 1 aliphatic carbocycles. The van der Waals surface area contributed by atoms with Crippen LogP contribution in [0.15, 0.2) is 40.5 Å². The van der Waals surface area contributed by atoms with Gasteiger partial charge in [-0.25, -0.2) is 18.0 Å². The van der Waals surface area contributed by atoms with Crippen LogP contribution in [-0.4, -0.2) is 75.8 Å². The molecular formula is C33H35ClF3N5O2S. The average molecular weight is 658 g/mol. The highest BCUT2D eigenvalue weighted by Crippen LogP contribution is 2.49. The van der Waals surface area contributed by atoms with Crippen LogP contribution in [0, 0.1) is 23.4 Å². The minimum atomic E-state index is -1.06. The number of piperidine rings is 1.